The average Bonchev–Trinajstić information content (AvgIpc) is 3.14. The highest BCUT2D eigenvalue weighted by Crippen LogP contribution is 2.41. The van der Waals surface area contributed by atoms with Crippen LogP contribution in [0.3, 0.4) is 0 Å². The Morgan fingerprint density at radius 2 is 0.583 bits per heavy atom. The van der Waals surface area contributed by atoms with Crippen LogP contribution in [0.15, 0.2) is 60.7 Å². The van der Waals surface area contributed by atoms with Gasteiger partial charge in [-0.3, -0.25) is 19.2 Å². The fraction of sp³-hybridized carbons (Fsp3) is 0.222. The lowest BCUT2D eigenvalue weighted by Gasteiger charge is -2.15. The fourth-order valence-electron chi connectivity index (χ4n) is 5.06. The Bertz CT molecular complexity index is 1710. The largest absolute Gasteiger partial charge is 0.496 e. The normalized spacial score (nSPS) is 10.4. The van der Waals surface area contributed by atoms with E-state index in [1.165, 1.54) is 105 Å². The number of hydrogen-bond donors (Lipinski definition) is 0. The first kappa shape index (κ1) is 34.8. The van der Waals surface area contributed by atoms with Crippen molar-refractivity contribution in [3.63, 3.8) is 0 Å². The third-order valence-corrected chi connectivity index (χ3v) is 7.48. The third-order valence-electron chi connectivity index (χ3n) is 7.48. The maximum Gasteiger partial charge on any atom is 0.233 e. The molecule has 4 aromatic rings. The number of rotatable bonds is 15. The van der Waals surface area contributed by atoms with Crippen LogP contribution in [0.5, 0.6) is 46.0 Å². The molecule has 0 bridgehead atoms. The van der Waals surface area contributed by atoms with Crippen LogP contribution in [0.2, 0.25) is 0 Å². The number of ketones is 4. The van der Waals surface area contributed by atoms with Gasteiger partial charge < -0.3 is 37.9 Å². The van der Waals surface area contributed by atoms with Gasteiger partial charge in [0.25, 0.3) is 0 Å². The molecule has 12 heteroatoms. The van der Waals surface area contributed by atoms with E-state index in [1.54, 1.807) is 12.1 Å². The Kier molecular flexibility index (Phi) is 10.9. The average molecular weight is 659 g/mol. The molecule has 0 unspecified atom stereocenters. The lowest BCUT2D eigenvalue weighted by atomic mass is 9.94. The SMILES string of the molecule is COc1cc(C(=O)C(=O)c2cc(OC)c(OC)c(OC)c2)ccc1-c1ccc(C(=O)C(=O)c2cc(OC)c(OC)c(OC)c2)cc1OC. The van der Waals surface area contributed by atoms with Gasteiger partial charge in [-0.25, -0.2) is 0 Å². The summed E-state index contributed by atoms with van der Waals surface area (Å²) in [7, 11) is 11.3. The number of ether oxygens (including phenoxy) is 8. The van der Waals surface area contributed by atoms with Crippen molar-refractivity contribution in [2.75, 3.05) is 56.9 Å². The van der Waals surface area contributed by atoms with E-state index >= 15 is 0 Å². The molecule has 0 heterocycles. The summed E-state index contributed by atoms with van der Waals surface area (Å²) in [6.07, 6.45) is 0. The first-order valence-corrected chi connectivity index (χ1v) is 14.3. The van der Waals surface area contributed by atoms with Crippen LogP contribution in [0.1, 0.15) is 41.4 Å². The van der Waals surface area contributed by atoms with E-state index in [0.29, 0.717) is 11.1 Å². The number of methoxy groups -OCH3 is 8. The number of Topliss-reactive ketones (excluding diaryl/α,β-unsaturated/α-hetero) is 4. The molecule has 0 spiro atoms. The molecule has 0 aliphatic heterocycles. The molecule has 0 atom stereocenters. The minimum Gasteiger partial charge on any atom is -0.496 e. The van der Waals surface area contributed by atoms with Gasteiger partial charge in [0.15, 0.2) is 23.0 Å². The van der Waals surface area contributed by atoms with Gasteiger partial charge in [0, 0.05) is 33.4 Å². The van der Waals surface area contributed by atoms with Crippen LogP contribution in [-0.4, -0.2) is 80.0 Å². The van der Waals surface area contributed by atoms with Gasteiger partial charge in [-0.1, -0.05) is 12.1 Å². The zero-order valence-electron chi connectivity index (χ0n) is 27.7. The molecule has 4 aromatic carbocycles. The summed E-state index contributed by atoms with van der Waals surface area (Å²) in [4.78, 5) is 53.2. The summed E-state index contributed by atoms with van der Waals surface area (Å²) < 4.78 is 43.0. The number of carbonyl (C=O) groups is 4. The minimum absolute atomic E-state index is 0.0422. The van der Waals surface area contributed by atoms with E-state index in [-0.39, 0.29) is 68.2 Å². The Labute approximate surface area is 277 Å². The first-order valence-electron chi connectivity index (χ1n) is 14.3. The van der Waals surface area contributed by atoms with Crippen molar-refractivity contribution in [3.8, 4) is 57.1 Å². The molecule has 0 saturated heterocycles. The molecule has 0 aliphatic carbocycles. The molecule has 0 aromatic heterocycles. The van der Waals surface area contributed by atoms with Crippen LogP contribution < -0.4 is 37.9 Å². The Balaban J connectivity index is 1.66. The summed E-state index contributed by atoms with van der Waals surface area (Å²) in [5, 5.41) is 0. The smallest absolute Gasteiger partial charge is 0.233 e. The van der Waals surface area contributed by atoms with Crippen LogP contribution in [0, 0.1) is 0 Å². The molecular weight excluding hydrogens is 624 g/mol. The summed E-state index contributed by atoms with van der Waals surface area (Å²) >= 11 is 0. The Hall–Kier alpha value is -6.04. The van der Waals surface area contributed by atoms with E-state index in [2.05, 4.69) is 0 Å². The van der Waals surface area contributed by atoms with Gasteiger partial charge in [0.2, 0.25) is 34.6 Å². The predicted octanol–water partition coefficient (Wildman–Crippen LogP) is 5.55. The van der Waals surface area contributed by atoms with Crippen LogP contribution in [0.25, 0.3) is 11.1 Å². The second-order valence-corrected chi connectivity index (χ2v) is 9.97. The van der Waals surface area contributed by atoms with E-state index in [4.69, 9.17) is 37.9 Å². The molecule has 4 rings (SSSR count). The fourth-order valence-corrected chi connectivity index (χ4v) is 5.06. The van der Waals surface area contributed by atoms with Crippen molar-refractivity contribution >= 4 is 23.1 Å². The van der Waals surface area contributed by atoms with E-state index in [1.807, 2.05) is 0 Å². The first-order chi connectivity index (χ1) is 23.1. The highest BCUT2D eigenvalue weighted by Gasteiger charge is 2.26. The maximum absolute atomic E-state index is 13.3. The lowest BCUT2D eigenvalue weighted by Crippen LogP contribution is -2.15. The molecular formula is C36H34O12. The lowest BCUT2D eigenvalue weighted by molar-refractivity contribution is 0.0816. The highest BCUT2D eigenvalue weighted by atomic mass is 16.5. The van der Waals surface area contributed by atoms with Gasteiger partial charge in [-0.2, -0.15) is 0 Å². The van der Waals surface area contributed by atoms with Crippen molar-refractivity contribution in [2.45, 2.75) is 0 Å². The Morgan fingerprint density at radius 1 is 0.333 bits per heavy atom. The minimum atomic E-state index is -0.804. The van der Waals surface area contributed by atoms with Crippen molar-refractivity contribution in [3.05, 3.63) is 82.9 Å². The van der Waals surface area contributed by atoms with E-state index < -0.39 is 23.1 Å². The standard InChI is InChI=1S/C36H34O12/c1-41-25-13-19(31(37)33(39)21-15-27(43-3)35(47-7)28(16-21)44-4)9-11-23(25)24-12-10-20(14-26(24)42-2)32(38)34(40)22-17-29(45-5)36(48-8)30(18-22)46-6/h9-18H,1-8H3. The van der Waals surface area contributed by atoms with Crippen molar-refractivity contribution < 1.29 is 57.1 Å². The molecule has 12 nitrogen and oxygen atoms in total. The number of hydrogen-bond acceptors (Lipinski definition) is 12. The van der Waals surface area contributed by atoms with Gasteiger partial charge in [0.1, 0.15) is 11.5 Å². The van der Waals surface area contributed by atoms with Crippen LogP contribution >= 0.6 is 0 Å². The van der Waals surface area contributed by atoms with Crippen molar-refractivity contribution in [2.24, 2.45) is 0 Å². The molecule has 0 radical (unpaired) electrons. The summed E-state index contributed by atoms with van der Waals surface area (Å²) in [5.74, 6) is -1.25. The summed E-state index contributed by atoms with van der Waals surface area (Å²) in [5.41, 5.74) is 1.22. The van der Waals surface area contributed by atoms with Gasteiger partial charge in [0.05, 0.1) is 56.9 Å². The quantitative estimate of drug-likeness (QED) is 0.117. The molecule has 0 fully saturated rings. The van der Waals surface area contributed by atoms with Crippen molar-refractivity contribution in [1.29, 1.82) is 0 Å². The molecule has 0 amide bonds. The monoisotopic (exact) mass is 658 g/mol. The molecule has 0 saturated carbocycles. The number of carbonyl (C=O) groups excluding carboxylic acids is 4. The van der Waals surface area contributed by atoms with Gasteiger partial charge in [-0.15, -0.1) is 0 Å². The molecule has 250 valence electrons. The molecule has 48 heavy (non-hydrogen) atoms. The molecule has 0 N–H and O–H groups in total. The van der Waals surface area contributed by atoms with E-state index in [9.17, 15) is 19.2 Å². The number of benzene rings is 4. The van der Waals surface area contributed by atoms with Gasteiger partial charge >= 0.3 is 0 Å². The van der Waals surface area contributed by atoms with Crippen molar-refractivity contribution in [1.82, 2.24) is 0 Å². The topological polar surface area (TPSA) is 142 Å². The summed E-state index contributed by atoms with van der Waals surface area (Å²) in [6.45, 7) is 0. The third kappa shape index (κ3) is 6.59. The molecule has 0 aliphatic rings. The zero-order valence-corrected chi connectivity index (χ0v) is 27.7. The maximum atomic E-state index is 13.3. The second-order valence-electron chi connectivity index (χ2n) is 9.97. The van der Waals surface area contributed by atoms with E-state index in [0.717, 1.165) is 0 Å². The van der Waals surface area contributed by atoms with Crippen LogP contribution in [-0.2, 0) is 0 Å². The highest BCUT2D eigenvalue weighted by molar-refractivity contribution is 6.50. The predicted molar refractivity (Wildman–Crippen MR) is 174 cm³/mol. The Morgan fingerprint density at radius 3 is 0.833 bits per heavy atom. The van der Waals surface area contributed by atoms with Crippen LogP contribution in [0.4, 0.5) is 0 Å². The van der Waals surface area contributed by atoms with Gasteiger partial charge in [-0.05, 0) is 48.5 Å². The summed E-state index contributed by atoms with van der Waals surface area (Å²) in [6, 6.07) is 14.6. The zero-order chi connectivity index (χ0) is 35.1. The second kappa shape index (κ2) is 15.0.